The number of hydrogen-bond donors (Lipinski definition) is 1. The highest BCUT2D eigenvalue weighted by molar-refractivity contribution is 8.00. The molecule has 5 nitrogen and oxygen atoms in total. The first kappa shape index (κ1) is 16.2. The third kappa shape index (κ3) is 3.20. The van der Waals surface area contributed by atoms with E-state index in [4.69, 9.17) is 0 Å². The normalized spacial score (nSPS) is 24.0. The number of carbonyl (C=O) groups is 1. The van der Waals surface area contributed by atoms with E-state index < -0.39 is 0 Å². The Bertz CT molecular complexity index is 528. The minimum Gasteiger partial charge on any atom is -0.331 e. The largest absolute Gasteiger partial charge is 0.331 e. The monoisotopic (exact) mass is 310 g/mol. The Labute approximate surface area is 131 Å². The number of nitrogens with one attached hydrogen (secondary N) is 1. The zero-order valence-corrected chi connectivity index (χ0v) is 14.6. The van der Waals surface area contributed by atoms with Crippen molar-refractivity contribution >= 4 is 17.8 Å². The molecule has 1 aromatic rings. The number of carbonyl (C=O) groups excluding carboxylic acids is 1. The van der Waals surface area contributed by atoms with Crippen molar-refractivity contribution in [2.75, 3.05) is 12.3 Å². The molecule has 0 radical (unpaired) electrons. The van der Waals surface area contributed by atoms with Gasteiger partial charge in [0, 0.05) is 41.9 Å². The lowest BCUT2D eigenvalue weighted by Gasteiger charge is -2.38. The summed E-state index contributed by atoms with van der Waals surface area (Å²) in [5, 5.41) is 8.05. The maximum atomic E-state index is 12.5. The van der Waals surface area contributed by atoms with Crippen LogP contribution in [0.1, 0.15) is 43.8 Å². The second kappa shape index (κ2) is 6.30. The van der Waals surface area contributed by atoms with E-state index in [1.165, 1.54) is 0 Å². The number of thioether (sulfide) groups is 1. The molecule has 0 bridgehead atoms. The van der Waals surface area contributed by atoms with Crippen LogP contribution >= 0.6 is 11.8 Å². The molecular formula is C15H26N4OS. The second-order valence-electron chi connectivity index (χ2n) is 5.89. The molecule has 1 aliphatic heterocycles. The van der Waals surface area contributed by atoms with Gasteiger partial charge in [0.15, 0.2) is 0 Å². The fourth-order valence-electron chi connectivity index (χ4n) is 2.98. The molecule has 2 heterocycles. The van der Waals surface area contributed by atoms with Crippen LogP contribution in [-0.4, -0.2) is 44.3 Å². The Kier molecular flexibility index (Phi) is 4.86. The summed E-state index contributed by atoms with van der Waals surface area (Å²) in [6.45, 7) is 11.2. The van der Waals surface area contributed by atoms with Crippen molar-refractivity contribution in [1.82, 2.24) is 20.0 Å². The standard InChI is InChI=1S/C15H26N4OS/c1-9(14-10(2)17-18(6)12(14)4)16-15(20)19-7-8-21-13(5)11(19)3/h9,11,13H,7-8H2,1-6H3,(H,16,20)/t9-,11+,13+/m0/s1. The number of aromatic nitrogens is 2. The molecule has 118 valence electrons. The smallest absolute Gasteiger partial charge is 0.318 e. The molecule has 2 rings (SSSR count). The summed E-state index contributed by atoms with van der Waals surface area (Å²) in [6.07, 6.45) is 0. The Morgan fingerprint density at radius 2 is 2.10 bits per heavy atom. The van der Waals surface area contributed by atoms with Gasteiger partial charge in [-0.05, 0) is 27.7 Å². The quantitative estimate of drug-likeness (QED) is 0.913. The summed E-state index contributed by atoms with van der Waals surface area (Å²) in [5.74, 6) is 1.01. The zero-order valence-electron chi connectivity index (χ0n) is 13.8. The number of amides is 2. The van der Waals surface area contributed by atoms with Gasteiger partial charge in [-0.2, -0.15) is 16.9 Å². The number of hydrogen-bond acceptors (Lipinski definition) is 3. The minimum atomic E-state index is -0.0247. The Morgan fingerprint density at radius 3 is 2.67 bits per heavy atom. The molecule has 0 spiro atoms. The Balaban J connectivity index is 2.08. The van der Waals surface area contributed by atoms with Crippen molar-refractivity contribution in [1.29, 1.82) is 0 Å². The summed E-state index contributed by atoms with van der Waals surface area (Å²) in [5.41, 5.74) is 3.22. The second-order valence-corrected chi connectivity index (χ2v) is 7.37. The van der Waals surface area contributed by atoms with Gasteiger partial charge in [-0.3, -0.25) is 4.68 Å². The van der Waals surface area contributed by atoms with Gasteiger partial charge in [0.1, 0.15) is 0 Å². The first-order valence-corrected chi connectivity index (χ1v) is 8.56. The number of nitrogens with zero attached hydrogens (tertiary/aromatic N) is 3. The molecule has 21 heavy (non-hydrogen) atoms. The summed E-state index contributed by atoms with van der Waals surface area (Å²) in [6, 6.07) is 0.278. The first-order chi connectivity index (χ1) is 9.82. The zero-order chi connectivity index (χ0) is 15.7. The molecule has 1 aliphatic rings. The van der Waals surface area contributed by atoms with Crippen molar-refractivity contribution in [3.63, 3.8) is 0 Å². The first-order valence-electron chi connectivity index (χ1n) is 7.51. The van der Waals surface area contributed by atoms with Gasteiger partial charge in [-0.15, -0.1) is 0 Å². The molecule has 6 heteroatoms. The van der Waals surface area contributed by atoms with Crippen LogP contribution in [0.2, 0.25) is 0 Å². The predicted molar refractivity (Wildman–Crippen MR) is 87.7 cm³/mol. The summed E-state index contributed by atoms with van der Waals surface area (Å²) in [7, 11) is 1.94. The lowest BCUT2D eigenvalue weighted by atomic mass is 10.1. The van der Waals surface area contributed by atoms with E-state index in [9.17, 15) is 4.79 Å². The van der Waals surface area contributed by atoms with Crippen molar-refractivity contribution < 1.29 is 4.79 Å². The Hall–Kier alpha value is -1.17. The molecule has 1 saturated heterocycles. The highest BCUT2D eigenvalue weighted by atomic mass is 32.2. The topological polar surface area (TPSA) is 50.2 Å². The van der Waals surface area contributed by atoms with E-state index in [2.05, 4.69) is 24.3 Å². The third-order valence-electron chi connectivity index (χ3n) is 4.48. The van der Waals surface area contributed by atoms with E-state index in [0.29, 0.717) is 5.25 Å². The number of urea groups is 1. The average molecular weight is 310 g/mol. The van der Waals surface area contributed by atoms with Crippen LogP contribution in [0.25, 0.3) is 0 Å². The molecule has 0 aromatic carbocycles. The summed E-state index contributed by atoms with van der Waals surface area (Å²) >= 11 is 1.94. The lowest BCUT2D eigenvalue weighted by Crippen LogP contribution is -2.52. The van der Waals surface area contributed by atoms with Crippen LogP contribution in [0.5, 0.6) is 0 Å². The van der Waals surface area contributed by atoms with Crippen LogP contribution in [0.4, 0.5) is 4.79 Å². The van der Waals surface area contributed by atoms with E-state index in [0.717, 1.165) is 29.2 Å². The van der Waals surface area contributed by atoms with E-state index in [-0.39, 0.29) is 18.1 Å². The molecule has 0 saturated carbocycles. The third-order valence-corrected chi connectivity index (χ3v) is 5.82. The van der Waals surface area contributed by atoms with Gasteiger partial charge in [0.25, 0.3) is 0 Å². The van der Waals surface area contributed by atoms with E-state index >= 15 is 0 Å². The average Bonchev–Trinajstić information content (AvgIpc) is 2.66. The fourth-order valence-corrected chi connectivity index (χ4v) is 4.08. The maximum Gasteiger partial charge on any atom is 0.318 e. The van der Waals surface area contributed by atoms with Gasteiger partial charge >= 0.3 is 6.03 Å². The van der Waals surface area contributed by atoms with Gasteiger partial charge in [-0.25, -0.2) is 4.79 Å². The van der Waals surface area contributed by atoms with E-state index in [1.54, 1.807) is 0 Å². The van der Waals surface area contributed by atoms with Gasteiger partial charge < -0.3 is 10.2 Å². The maximum absolute atomic E-state index is 12.5. The molecule has 2 amide bonds. The molecule has 3 atom stereocenters. The van der Waals surface area contributed by atoms with Gasteiger partial charge in [0.2, 0.25) is 0 Å². The van der Waals surface area contributed by atoms with Crippen LogP contribution in [0.3, 0.4) is 0 Å². The molecular weight excluding hydrogens is 284 g/mol. The van der Waals surface area contributed by atoms with Gasteiger partial charge in [0.05, 0.1) is 11.7 Å². The van der Waals surface area contributed by atoms with Gasteiger partial charge in [-0.1, -0.05) is 6.92 Å². The number of rotatable bonds is 2. The highest BCUT2D eigenvalue weighted by Gasteiger charge is 2.30. The fraction of sp³-hybridized carbons (Fsp3) is 0.733. The molecule has 1 aromatic heterocycles. The van der Waals surface area contributed by atoms with Crippen molar-refractivity contribution in [3.8, 4) is 0 Å². The van der Waals surface area contributed by atoms with Crippen LogP contribution < -0.4 is 5.32 Å². The minimum absolute atomic E-state index is 0.0247. The molecule has 1 fully saturated rings. The van der Waals surface area contributed by atoms with Crippen LogP contribution in [0.15, 0.2) is 0 Å². The molecule has 1 N–H and O–H groups in total. The molecule has 0 aliphatic carbocycles. The summed E-state index contributed by atoms with van der Waals surface area (Å²) in [4.78, 5) is 14.5. The summed E-state index contributed by atoms with van der Waals surface area (Å²) < 4.78 is 1.87. The number of aryl methyl sites for hydroxylation is 2. The SMILES string of the molecule is Cc1nn(C)c(C)c1[C@H](C)NC(=O)N1CCS[C@H](C)[C@H]1C. The van der Waals surface area contributed by atoms with Crippen LogP contribution in [0, 0.1) is 13.8 Å². The Morgan fingerprint density at radius 1 is 1.43 bits per heavy atom. The van der Waals surface area contributed by atoms with Crippen molar-refractivity contribution in [2.45, 2.75) is 52.0 Å². The van der Waals surface area contributed by atoms with E-state index in [1.807, 2.05) is 49.2 Å². The van der Waals surface area contributed by atoms with Crippen molar-refractivity contribution in [2.24, 2.45) is 7.05 Å². The highest BCUT2D eigenvalue weighted by Crippen LogP contribution is 2.25. The molecule has 0 unspecified atom stereocenters. The van der Waals surface area contributed by atoms with Crippen LogP contribution in [-0.2, 0) is 7.05 Å². The predicted octanol–water partition coefficient (Wildman–Crippen LogP) is 2.63. The lowest BCUT2D eigenvalue weighted by molar-refractivity contribution is 0.177. The van der Waals surface area contributed by atoms with Crippen molar-refractivity contribution in [3.05, 3.63) is 17.0 Å².